The normalized spacial score (nSPS) is 14.2. The lowest BCUT2D eigenvalue weighted by atomic mass is 10.1. The van der Waals surface area contributed by atoms with Gasteiger partial charge in [0.15, 0.2) is 0 Å². The fraction of sp³-hybridized carbons (Fsp3) is 0.240. The molecule has 0 aliphatic carbocycles. The fourth-order valence-corrected chi connectivity index (χ4v) is 5.44. The second-order valence-electron chi connectivity index (χ2n) is 8.32. The summed E-state index contributed by atoms with van der Waals surface area (Å²) in [6.07, 6.45) is 0. The third kappa shape index (κ3) is 5.32. The number of aryl methyl sites for hydroxylation is 2. The topological polar surface area (TPSA) is 69.7 Å². The molecule has 0 spiro atoms. The van der Waals surface area contributed by atoms with Gasteiger partial charge in [-0.1, -0.05) is 47.0 Å². The summed E-state index contributed by atoms with van der Waals surface area (Å²) in [6, 6.07) is 17.0. The Labute approximate surface area is 210 Å². The minimum Gasteiger partial charge on any atom is -0.368 e. The minimum absolute atomic E-state index is 0.141. The van der Waals surface area contributed by atoms with Crippen LogP contribution in [0.3, 0.4) is 0 Å². The second kappa shape index (κ2) is 9.86. The van der Waals surface area contributed by atoms with Gasteiger partial charge in [0, 0.05) is 42.5 Å². The smallest absolute Gasteiger partial charge is 0.261 e. The molecule has 1 N–H and O–H groups in total. The van der Waals surface area contributed by atoms with Gasteiger partial charge < -0.3 is 9.80 Å². The summed E-state index contributed by atoms with van der Waals surface area (Å²) in [6.45, 7) is 6.42. The van der Waals surface area contributed by atoms with E-state index >= 15 is 0 Å². The molecule has 4 rings (SSSR count). The van der Waals surface area contributed by atoms with E-state index in [1.54, 1.807) is 23.1 Å². The molecule has 0 atom stereocenters. The van der Waals surface area contributed by atoms with Gasteiger partial charge in [0.1, 0.15) is 0 Å². The van der Waals surface area contributed by atoms with Crippen LogP contribution in [-0.4, -0.2) is 45.4 Å². The first-order chi connectivity index (χ1) is 16.1. The van der Waals surface area contributed by atoms with Gasteiger partial charge in [-0.3, -0.25) is 9.52 Å². The van der Waals surface area contributed by atoms with Gasteiger partial charge in [-0.25, -0.2) is 8.42 Å². The molecule has 34 heavy (non-hydrogen) atoms. The first-order valence-corrected chi connectivity index (χ1v) is 13.1. The SMILES string of the molecule is Cc1ccc(S(=O)(=O)Nc2ccc(C(=O)N3CCN(c4cc(Cl)ccc4C)CC3)cc2Cl)cc1. The highest BCUT2D eigenvalue weighted by Crippen LogP contribution is 2.28. The Kier molecular flexibility index (Phi) is 7.07. The van der Waals surface area contributed by atoms with E-state index in [2.05, 4.69) is 9.62 Å². The number of nitrogens with one attached hydrogen (secondary N) is 1. The molecule has 3 aromatic rings. The van der Waals surface area contributed by atoms with E-state index < -0.39 is 10.0 Å². The van der Waals surface area contributed by atoms with Crippen molar-refractivity contribution in [3.63, 3.8) is 0 Å². The third-order valence-electron chi connectivity index (χ3n) is 5.87. The summed E-state index contributed by atoms with van der Waals surface area (Å²) in [7, 11) is -3.79. The lowest BCUT2D eigenvalue weighted by Gasteiger charge is -2.37. The maximum atomic E-state index is 13.1. The van der Waals surface area contributed by atoms with Gasteiger partial charge in [0.25, 0.3) is 15.9 Å². The number of sulfonamides is 1. The molecule has 1 fully saturated rings. The summed E-state index contributed by atoms with van der Waals surface area (Å²) in [5, 5.41) is 0.849. The fourth-order valence-electron chi connectivity index (χ4n) is 3.91. The van der Waals surface area contributed by atoms with Crippen LogP contribution in [0.5, 0.6) is 0 Å². The molecule has 0 radical (unpaired) electrons. The summed E-state index contributed by atoms with van der Waals surface area (Å²) in [4.78, 5) is 17.2. The number of carbonyl (C=O) groups is 1. The van der Waals surface area contributed by atoms with Gasteiger partial charge in [-0.05, 0) is 61.9 Å². The van der Waals surface area contributed by atoms with E-state index in [0.717, 1.165) is 16.8 Å². The number of rotatable bonds is 5. The standard InChI is InChI=1S/C25H25Cl2N3O3S/c1-17-3-8-21(9-4-17)34(32,33)28-23-10-6-19(15-22(23)27)25(31)30-13-11-29(12-14-30)24-16-20(26)7-5-18(24)2/h3-10,15-16,28H,11-14H2,1-2H3. The molecule has 0 unspecified atom stereocenters. The number of benzene rings is 3. The highest BCUT2D eigenvalue weighted by molar-refractivity contribution is 7.92. The quantitative estimate of drug-likeness (QED) is 0.493. The molecular weight excluding hydrogens is 493 g/mol. The zero-order chi connectivity index (χ0) is 24.5. The largest absolute Gasteiger partial charge is 0.368 e. The van der Waals surface area contributed by atoms with E-state index in [9.17, 15) is 13.2 Å². The van der Waals surface area contributed by atoms with Crippen LogP contribution < -0.4 is 9.62 Å². The monoisotopic (exact) mass is 517 g/mol. The average molecular weight is 518 g/mol. The van der Waals surface area contributed by atoms with Crippen molar-refractivity contribution in [2.75, 3.05) is 35.8 Å². The molecule has 1 aliphatic rings. The zero-order valence-electron chi connectivity index (χ0n) is 18.9. The highest BCUT2D eigenvalue weighted by Gasteiger charge is 2.24. The van der Waals surface area contributed by atoms with Crippen LogP contribution in [-0.2, 0) is 10.0 Å². The van der Waals surface area contributed by atoms with Crippen molar-refractivity contribution >= 4 is 50.5 Å². The predicted octanol–water partition coefficient (Wildman–Crippen LogP) is 5.37. The number of carbonyl (C=O) groups excluding carboxylic acids is 1. The van der Waals surface area contributed by atoms with Crippen molar-refractivity contribution in [2.24, 2.45) is 0 Å². The van der Waals surface area contributed by atoms with Crippen LogP contribution in [0, 0.1) is 13.8 Å². The Morgan fingerprint density at radius 2 is 1.56 bits per heavy atom. The van der Waals surface area contributed by atoms with E-state index in [4.69, 9.17) is 23.2 Å². The maximum absolute atomic E-state index is 13.1. The van der Waals surface area contributed by atoms with Crippen LogP contribution in [0.25, 0.3) is 0 Å². The van der Waals surface area contributed by atoms with Crippen LogP contribution in [0.2, 0.25) is 10.0 Å². The first-order valence-electron chi connectivity index (χ1n) is 10.8. The molecule has 9 heteroatoms. The molecule has 0 aromatic heterocycles. The zero-order valence-corrected chi connectivity index (χ0v) is 21.2. The highest BCUT2D eigenvalue weighted by atomic mass is 35.5. The molecule has 1 amide bonds. The Hall–Kier alpha value is -2.74. The second-order valence-corrected chi connectivity index (χ2v) is 10.8. The van der Waals surface area contributed by atoms with Crippen LogP contribution >= 0.6 is 23.2 Å². The number of piperazine rings is 1. The molecule has 178 valence electrons. The Morgan fingerprint density at radius 1 is 0.882 bits per heavy atom. The lowest BCUT2D eigenvalue weighted by molar-refractivity contribution is 0.0747. The van der Waals surface area contributed by atoms with Crippen LogP contribution in [0.15, 0.2) is 65.6 Å². The van der Waals surface area contributed by atoms with Crippen molar-refractivity contribution in [1.82, 2.24) is 4.90 Å². The number of anilines is 2. The summed E-state index contributed by atoms with van der Waals surface area (Å²) in [5.74, 6) is -0.141. The van der Waals surface area contributed by atoms with Crippen molar-refractivity contribution in [1.29, 1.82) is 0 Å². The molecule has 0 saturated carbocycles. The lowest BCUT2D eigenvalue weighted by Crippen LogP contribution is -2.49. The van der Waals surface area contributed by atoms with Crippen LogP contribution in [0.1, 0.15) is 21.5 Å². The molecule has 1 aliphatic heterocycles. The first kappa shape index (κ1) is 24.4. The van der Waals surface area contributed by atoms with Gasteiger partial charge in [-0.2, -0.15) is 0 Å². The molecule has 0 bridgehead atoms. The van der Waals surface area contributed by atoms with E-state index in [1.165, 1.54) is 24.3 Å². The van der Waals surface area contributed by atoms with Crippen molar-refractivity contribution in [2.45, 2.75) is 18.7 Å². The predicted molar refractivity (Wildman–Crippen MR) is 138 cm³/mol. The minimum atomic E-state index is -3.79. The van der Waals surface area contributed by atoms with Crippen molar-refractivity contribution < 1.29 is 13.2 Å². The number of hydrogen-bond donors (Lipinski definition) is 1. The summed E-state index contributed by atoms with van der Waals surface area (Å²) < 4.78 is 27.8. The molecule has 1 saturated heterocycles. The molecule has 1 heterocycles. The van der Waals surface area contributed by atoms with Gasteiger partial charge in [0.05, 0.1) is 15.6 Å². The summed E-state index contributed by atoms with van der Waals surface area (Å²) in [5.41, 5.74) is 3.81. The Morgan fingerprint density at radius 3 is 2.21 bits per heavy atom. The Balaban J connectivity index is 1.43. The van der Waals surface area contributed by atoms with Gasteiger partial charge in [0.2, 0.25) is 0 Å². The van der Waals surface area contributed by atoms with E-state index in [1.807, 2.05) is 32.0 Å². The van der Waals surface area contributed by atoms with Gasteiger partial charge >= 0.3 is 0 Å². The van der Waals surface area contributed by atoms with Crippen LogP contribution in [0.4, 0.5) is 11.4 Å². The average Bonchev–Trinajstić information content (AvgIpc) is 2.82. The van der Waals surface area contributed by atoms with E-state index in [0.29, 0.717) is 36.8 Å². The summed E-state index contributed by atoms with van der Waals surface area (Å²) >= 11 is 12.5. The third-order valence-corrected chi connectivity index (χ3v) is 7.80. The number of halogens is 2. The van der Waals surface area contributed by atoms with Gasteiger partial charge in [-0.15, -0.1) is 0 Å². The number of nitrogens with zero attached hydrogens (tertiary/aromatic N) is 2. The molecule has 6 nitrogen and oxygen atoms in total. The number of hydrogen-bond acceptors (Lipinski definition) is 4. The van der Waals surface area contributed by atoms with Crippen molar-refractivity contribution in [3.8, 4) is 0 Å². The van der Waals surface area contributed by atoms with E-state index in [-0.39, 0.29) is 21.5 Å². The maximum Gasteiger partial charge on any atom is 0.261 e. The number of amides is 1. The molecular formula is C25H25Cl2N3O3S. The Bertz CT molecular complexity index is 1320. The molecule has 3 aromatic carbocycles. The van der Waals surface area contributed by atoms with Crippen molar-refractivity contribution in [3.05, 3.63) is 87.4 Å².